The first-order valence-electron chi connectivity index (χ1n) is 11.1. The third-order valence-electron chi connectivity index (χ3n) is 6.16. The van der Waals surface area contributed by atoms with Crippen molar-refractivity contribution in [3.8, 4) is 11.5 Å². The number of halogens is 3. The van der Waals surface area contributed by atoms with E-state index in [1.54, 1.807) is 13.2 Å². The maximum Gasteiger partial charge on any atom is 0.224 e. The largest absolute Gasteiger partial charge is 0.490 e. The second kappa shape index (κ2) is 10.3. The smallest absolute Gasteiger partial charge is 0.224 e. The zero-order valence-corrected chi connectivity index (χ0v) is 19.6. The fourth-order valence-corrected chi connectivity index (χ4v) is 4.39. The Kier molecular flexibility index (Phi) is 7.45. The summed E-state index contributed by atoms with van der Waals surface area (Å²) in [5, 5.41) is 13.8. The zero-order valence-electron chi connectivity index (χ0n) is 18.8. The summed E-state index contributed by atoms with van der Waals surface area (Å²) < 4.78 is 45.1. The lowest BCUT2D eigenvalue weighted by molar-refractivity contribution is -0.116. The number of amides is 1. The molecule has 34 heavy (non-hydrogen) atoms. The molecule has 2 heterocycles. The molecule has 0 aromatic heterocycles. The summed E-state index contributed by atoms with van der Waals surface area (Å²) in [5.41, 5.74) is -0.0542. The van der Waals surface area contributed by atoms with E-state index in [0.717, 1.165) is 0 Å². The Morgan fingerprint density at radius 1 is 1.09 bits per heavy atom. The summed E-state index contributed by atoms with van der Waals surface area (Å²) in [4.78, 5) is 13.4. The number of hydrogen-bond donors (Lipinski definition) is 2. The molecule has 2 N–H and O–H groups in total. The SMILES string of the molecule is COCCOc1cc(N2CCC(O)(COc3ccc(F)c4c3CCC(=O)N4)CC2)c(F)cc1Cl. The second-order valence-electron chi connectivity index (χ2n) is 8.52. The molecule has 1 fully saturated rings. The third kappa shape index (κ3) is 5.37. The molecule has 2 aromatic carbocycles. The molecule has 4 rings (SSSR count). The molecular formula is C24H27ClF2N2O5. The summed E-state index contributed by atoms with van der Waals surface area (Å²) in [6.07, 6.45) is 1.30. The number of methoxy groups -OCH3 is 1. The molecule has 7 nitrogen and oxygen atoms in total. The van der Waals surface area contributed by atoms with E-state index in [4.69, 9.17) is 25.8 Å². The summed E-state index contributed by atoms with van der Waals surface area (Å²) in [7, 11) is 1.56. The normalized spacial score (nSPS) is 17.2. The number of carbonyl (C=O) groups excluding carboxylic acids is 1. The number of piperidine rings is 1. The highest BCUT2D eigenvalue weighted by Gasteiger charge is 2.35. The predicted molar refractivity (Wildman–Crippen MR) is 124 cm³/mol. The molecule has 0 unspecified atom stereocenters. The van der Waals surface area contributed by atoms with Gasteiger partial charge < -0.3 is 29.5 Å². The van der Waals surface area contributed by atoms with Crippen LogP contribution in [0, 0.1) is 11.6 Å². The van der Waals surface area contributed by atoms with Crippen molar-refractivity contribution < 1.29 is 32.9 Å². The van der Waals surface area contributed by atoms with E-state index in [1.807, 2.05) is 4.90 Å². The molecule has 0 spiro atoms. The Bertz CT molecular complexity index is 1060. The van der Waals surface area contributed by atoms with Crippen molar-refractivity contribution in [2.45, 2.75) is 31.3 Å². The fraction of sp³-hybridized carbons (Fsp3) is 0.458. The van der Waals surface area contributed by atoms with Crippen LogP contribution in [0.3, 0.4) is 0 Å². The van der Waals surface area contributed by atoms with Crippen molar-refractivity contribution in [1.29, 1.82) is 0 Å². The second-order valence-corrected chi connectivity index (χ2v) is 8.93. The highest BCUT2D eigenvalue weighted by molar-refractivity contribution is 6.32. The molecule has 184 valence electrons. The summed E-state index contributed by atoms with van der Waals surface area (Å²) in [5.74, 6) is -0.415. The first kappa shape index (κ1) is 24.5. The summed E-state index contributed by atoms with van der Waals surface area (Å²) >= 11 is 6.10. The Balaban J connectivity index is 1.40. The maximum absolute atomic E-state index is 14.6. The number of aliphatic hydroxyl groups is 1. The van der Waals surface area contributed by atoms with E-state index in [-0.39, 0.29) is 36.3 Å². The first-order chi connectivity index (χ1) is 16.3. The molecule has 2 aliphatic rings. The zero-order chi connectivity index (χ0) is 24.3. The van der Waals surface area contributed by atoms with Crippen LogP contribution < -0.4 is 19.7 Å². The third-order valence-corrected chi connectivity index (χ3v) is 6.46. The van der Waals surface area contributed by atoms with Gasteiger partial charge in [-0.05, 0) is 37.5 Å². The number of ether oxygens (including phenoxy) is 3. The lowest BCUT2D eigenvalue weighted by atomic mass is 9.92. The maximum atomic E-state index is 14.6. The van der Waals surface area contributed by atoms with Crippen molar-refractivity contribution in [3.63, 3.8) is 0 Å². The number of nitrogens with one attached hydrogen (secondary N) is 1. The van der Waals surface area contributed by atoms with E-state index in [2.05, 4.69) is 5.32 Å². The van der Waals surface area contributed by atoms with E-state index >= 15 is 0 Å². The summed E-state index contributed by atoms with van der Waals surface area (Å²) in [6, 6.07) is 5.53. The van der Waals surface area contributed by atoms with Gasteiger partial charge in [0.05, 0.1) is 23.0 Å². The number of nitrogens with zero attached hydrogens (tertiary/aromatic N) is 1. The van der Waals surface area contributed by atoms with Gasteiger partial charge in [0.15, 0.2) is 0 Å². The minimum atomic E-state index is -1.13. The van der Waals surface area contributed by atoms with Crippen LogP contribution in [0.15, 0.2) is 24.3 Å². The fourth-order valence-electron chi connectivity index (χ4n) is 4.19. The van der Waals surface area contributed by atoms with E-state index in [0.29, 0.717) is 61.7 Å². The van der Waals surface area contributed by atoms with Crippen molar-refractivity contribution in [2.24, 2.45) is 0 Å². The van der Waals surface area contributed by atoms with Gasteiger partial charge in [-0.25, -0.2) is 8.78 Å². The highest BCUT2D eigenvalue weighted by atomic mass is 35.5. The van der Waals surface area contributed by atoms with Crippen LogP contribution in [0.5, 0.6) is 11.5 Å². The standard InChI is InChI=1S/C24H27ClF2N2O5/c1-32-10-11-33-21-13-19(18(27)12-16(21)25)29-8-6-24(31,7-9-29)14-34-20-4-3-17(26)23-15(20)2-5-22(30)28-23/h3-4,12-13,31H,2,5-11,14H2,1H3,(H,28,30). The molecule has 10 heteroatoms. The van der Waals surface area contributed by atoms with Crippen LogP contribution in [0.1, 0.15) is 24.8 Å². The number of anilines is 2. The lowest BCUT2D eigenvalue weighted by Crippen LogP contribution is -2.48. The van der Waals surface area contributed by atoms with Gasteiger partial charge in [0, 0.05) is 38.2 Å². The van der Waals surface area contributed by atoms with Gasteiger partial charge in [-0.15, -0.1) is 0 Å². The molecule has 0 atom stereocenters. The lowest BCUT2D eigenvalue weighted by Gasteiger charge is -2.39. The minimum Gasteiger partial charge on any atom is -0.490 e. The molecular weight excluding hydrogens is 470 g/mol. The summed E-state index contributed by atoms with van der Waals surface area (Å²) in [6.45, 7) is 1.46. The van der Waals surface area contributed by atoms with Gasteiger partial charge >= 0.3 is 0 Å². The number of hydrogen-bond acceptors (Lipinski definition) is 6. The number of carbonyl (C=O) groups is 1. The Hall–Kier alpha value is -2.62. The molecule has 0 radical (unpaired) electrons. The van der Waals surface area contributed by atoms with Crippen LogP contribution in [-0.2, 0) is 16.0 Å². The van der Waals surface area contributed by atoms with Gasteiger partial charge in [-0.1, -0.05) is 11.6 Å². The monoisotopic (exact) mass is 496 g/mol. The Labute approximate surface area is 201 Å². The van der Waals surface area contributed by atoms with Crippen molar-refractivity contribution >= 4 is 28.9 Å². The molecule has 0 bridgehead atoms. The Morgan fingerprint density at radius 3 is 2.59 bits per heavy atom. The van der Waals surface area contributed by atoms with Crippen LogP contribution in [0.25, 0.3) is 0 Å². The average molecular weight is 497 g/mol. The van der Waals surface area contributed by atoms with Gasteiger partial charge in [0.25, 0.3) is 0 Å². The number of rotatable bonds is 8. The number of benzene rings is 2. The quantitative estimate of drug-likeness (QED) is 0.539. The van der Waals surface area contributed by atoms with Gasteiger partial charge in [-0.3, -0.25) is 4.79 Å². The van der Waals surface area contributed by atoms with Crippen molar-refractivity contribution in [1.82, 2.24) is 0 Å². The molecule has 0 aliphatic carbocycles. The van der Waals surface area contributed by atoms with Gasteiger partial charge in [0.1, 0.15) is 41.9 Å². The average Bonchev–Trinajstić information content (AvgIpc) is 2.81. The Morgan fingerprint density at radius 2 is 1.85 bits per heavy atom. The minimum absolute atomic E-state index is 0.00133. The first-order valence-corrected chi connectivity index (χ1v) is 11.5. The van der Waals surface area contributed by atoms with Crippen molar-refractivity contribution in [3.05, 3.63) is 46.5 Å². The van der Waals surface area contributed by atoms with E-state index in [9.17, 15) is 18.7 Å². The van der Waals surface area contributed by atoms with Crippen LogP contribution in [0.4, 0.5) is 20.2 Å². The molecule has 2 aliphatic heterocycles. The van der Waals surface area contributed by atoms with Crippen LogP contribution in [-0.4, -0.2) is 56.6 Å². The highest BCUT2D eigenvalue weighted by Crippen LogP contribution is 2.37. The molecule has 1 amide bonds. The predicted octanol–water partition coefficient (Wildman–Crippen LogP) is 3.94. The van der Waals surface area contributed by atoms with Gasteiger partial charge in [0.2, 0.25) is 5.91 Å². The number of fused-ring (bicyclic) bond motifs is 1. The van der Waals surface area contributed by atoms with Crippen LogP contribution >= 0.6 is 11.6 Å². The van der Waals surface area contributed by atoms with E-state index < -0.39 is 17.2 Å². The van der Waals surface area contributed by atoms with E-state index in [1.165, 1.54) is 18.2 Å². The molecule has 0 saturated carbocycles. The molecule has 2 aromatic rings. The van der Waals surface area contributed by atoms with Crippen molar-refractivity contribution in [2.75, 3.05) is 50.2 Å². The topological polar surface area (TPSA) is 80.3 Å². The van der Waals surface area contributed by atoms with Crippen LogP contribution in [0.2, 0.25) is 5.02 Å². The van der Waals surface area contributed by atoms with Gasteiger partial charge in [-0.2, -0.15) is 0 Å². The molecule has 1 saturated heterocycles.